The van der Waals surface area contributed by atoms with E-state index in [1.165, 1.54) is 0 Å². The van der Waals surface area contributed by atoms with Crippen LogP contribution in [0.1, 0.15) is 15.9 Å². The van der Waals surface area contributed by atoms with Crippen molar-refractivity contribution in [1.82, 2.24) is 24.8 Å². The fourth-order valence-electron chi connectivity index (χ4n) is 3.79. The second kappa shape index (κ2) is 7.26. The van der Waals surface area contributed by atoms with Crippen LogP contribution in [0.2, 0.25) is 0 Å². The number of hydrogen-bond acceptors (Lipinski definition) is 4. The SMILES string of the molecule is CNC(=O)c1ccc2c(c1)nc(-c1cccc(CO)c1)n2-c1ccc2[nH]c(=O)[nH]c2c1. The molecule has 0 atom stereocenters. The van der Waals surface area contributed by atoms with Gasteiger partial charge in [0, 0.05) is 23.9 Å². The number of nitrogens with one attached hydrogen (secondary N) is 3. The molecule has 1 amide bonds. The minimum atomic E-state index is -0.270. The van der Waals surface area contributed by atoms with Crippen LogP contribution in [0, 0.1) is 0 Å². The van der Waals surface area contributed by atoms with Crippen molar-refractivity contribution in [3.8, 4) is 17.1 Å². The Morgan fingerprint density at radius 3 is 2.71 bits per heavy atom. The Balaban J connectivity index is 1.80. The summed E-state index contributed by atoms with van der Waals surface area (Å²) in [4.78, 5) is 34.2. The Morgan fingerprint density at radius 1 is 1.06 bits per heavy atom. The third kappa shape index (κ3) is 3.19. The van der Waals surface area contributed by atoms with Gasteiger partial charge in [-0.05, 0) is 48.0 Å². The van der Waals surface area contributed by atoms with Crippen molar-refractivity contribution in [2.75, 3.05) is 7.05 Å². The zero-order chi connectivity index (χ0) is 21.5. The number of imidazole rings is 2. The summed E-state index contributed by atoms with van der Waals surface area (Å²) >= 11 is 0. The second-order valence-corrected chi connectivity index (χ2v) is 7.22. The minimum absolute atomic E-state index is 0.0779. The molecule has 8 heteroatoms. The van der Waals surface area contributed by atoms with Crippen molar-refractivity contribution in [1.29, 1.82) is 0 Å². The number of H-pyrrole nitrogens is 2. The van der Waals surface area contributed by atoms with Gasteiger partial charge in [0.15, 0.2) is 0 Å². The lowest BCUT2D eigenvalue weighted by Gasteiger charge is -2.11. The largest absolute Gasteiger partial charge is 0.392 e. The molecule has 3 aromatic carbocycles. The molecule has 154 valence electrons. The zero-order valence-electron chi connectivity index (χ0n) is 16.6. The van der Waals surface area contributed by atoms with Crippen molar-refractivity contribution in [2.45, 2.75) is 6.61 Å². The van der Waals surface area contributed by atoms with Crippen LogP contribution in [0.5, 0.6) is 0 Å². The van der Waals surface area contributed by atoms with E-state index in [0.29, 0.717) is 27.9 Å². The number of rotatable bonds is 4. The number of benzene rings is 3. The van der Waals surface area contributed by atoms with Crippen LogP contribution >= 0.6 is 0 Å². The van der Waals surface area contributed by atoms with Crippen LogP contribution in [0.25, 0.3) is 39.1 Å². The molecule has 8 nitrogen and oxygen atoms in total. The molecule has 31 heavy (non-hydrogen) atoms. The predicted octanol–water partition coefficient (Wildman–Crippen LogP) is 2.71. The molecular weight excluding hydrogens is 394 g/mol. The van der Waals surface area contributed by atoms with E-state index in [2.05, 4.69) is 15.3 Å². The highest BCUT2D eigenvalue weighted by molar-refractivity contribution is 5.98. The number of fused-ring (bicyclic) bond motifs is 2. The highest BCUT2D eigenvalue weighted by atomic mass is 16.3. The number of carbonyl (C=O) groups excluding carboxylic acids is 1. The molecule has 0 aliphatic heterocycles. The molecule has 0 fully saturated rings. The normalized spacial score (nSPS) is 11.3. The smallest absolute Gasteiger partial charge is 0.323 e. The number of hydrogen-bond donors (Lipinski definition) is 4. The first kappa shape index (κ1) is 18.8. The molecule has 0 bridgehead atoms. The quantitative estimate of drug-likeness (QED) is 0.363. The molecule has 0 saturated carbocycles. The van der Waals surface area contributed by atoms with Gasteiger partial charge in [0.1, 0.15) is 5.82 Å². The first-order valence-corrected chi connectivity index (χ1v) is 9.74. The fraction of sp³-hybridized carbons (Fsp3) is 0.0870. The molecule has 4 N–H and O–H groups in total. The number of amides is 1. The Kier molecular flexibility index (Phi) is 4.41. The monoisotopic (exact) mass is 413 g/mol. The molecule has 0 radical (unpaired) electrons. The van der Waals surface area contributed by atoms with Crippen molar-refractivity contribution in [3.63, 3.8) is 0 Å². The summed E-state index contributed by atoms with van der Waals surface area (Å²) in [6.07, 6.45) is 0. The fourth-order valence-corrected chi connectivity index (χ4v) is 3.79. The standard InChI is InChI=1S/C23H19N5O3/c1-24-22(30)15-5-8-20-19(10-15)25-21(14-4-2-3-13(9-14)12-29)28(20)16-6-7-17-18(11-16)27-23(31)26-17/h2-11,29H,12H2,1H3,(H,24,30)(H2,26,27,31). The number of aromatic nitrogens is 4. The maximum absolute atomic E-state index is 12.1. The predicted molar refractivity (Wildman–Crippen MR) is 118 cm³/mol. The number of nitrogens with zero attached hydrogens (tertiary/aromatic N) is 2. The van der Waals surface area contributed by atoms with E-state index in [9.17, 15) is 14.7 Å². The van der Waals surface area contributed by atoms with E-state index in [0.717, 1.165) is 22.3 Å². The van der Waals surface area contributed by atoms with Crippen LogP contribution in [0.15, 0.2) is 65.5 Å². The maximum Gasteiger partial charge on any atom is 0.323 e. The first-order chi connectivity index (χ1) is 15.1. The van der Waals surface area contributed by atoms with Gasteiger partial charge >= 0.3 is 5.69 Å². The van der Waals surface area contributed by atoms with E-state index in [1.54, 1.807) is 19.2 Å². The van der Waals surface area contributed by atoms with Crippen LogP contribution in [0.3, 0.4) is 0 Å². The Labute approximate surface area is 176 Å². The van der Waals surface area contributed by atoms with Gasteiger partial charge in [-0.3, -0.25) is 9.36 Å². The Hall–Kier alpha value is -4.17. The zero-order valence-corrected chi connectivity index (χ0v) is 16.6. The topological polar surface area (TPSA) is 116 Å². The summed E-state index contributed by atoms with van der Waals surface area (Å²) in [5.74, 6) is 0.475. The first-order valence-electron chi connectivity index (χ1n) is 9.74. The van der Waals surface area contributed by atoms with Gasteiger partial charge in [-0.25, -0.2) is 9.78 Å². The molecule has 5 aromatic rings. The van der Waals surface area contributed by atoms with Crippen LogP contribution in [-0.4, -0.2) is 37.6 Å². The highest BCUT2D eigenvalue weighted by Gasteiger charge is 2.17. The molecule has 0 aliphatic carbocycles. The lowest BCUT2D eigenvalue weighted by Crippen LogP contribution is -2.17. The minimum Gasteiger partial charge on any atom is -0.392 e. The summed E-state index contributed by atoms with van der Waals surface area (Å²) in [6, 6.07) is 18.5. The van der Waals surface area contributed by atoms with E-state index in [-0.39, 0.29) is 18.2 Å². The molecule has 0 spiro atoms. The van der Waals surface area contributed by atoms with Gasteiger partial charge in [-0.15, -0.1) is 0 Å². The summed E-state index contributed by atoms with van der Waals surface area (Å²) in [5.41, 5.74) is 5.52. The third-order valence-corrected chi connectivity index (χ3v) is 5.27. The van der Waals surface area contributed by atoms with E-state index in [1.807, 2.05) is 53.1 Å². The molecule has 0 aliphatic rings. The van der Waals surface area contributed by atoms with Gasteiger partial charge in [-0.1, -0.05) is 18.2 Å². The molecular formula is C23H19N5O3. The molecule has 5 rings (SSSR count). The third-order valence-electron chi connectivity index (χ3n) is 5.27. The average molecular weight is 413 g/mol. The van der Waals surface area contributed by atoms with Crippen molar-refractivity contribution >= 4 is 28.0 Å². The lowest BCUT2D eigenvalue weighted by molar-refractivity contribution is 0.0963. The highest BCUT2D eigenvalue weighted by Crippen LogP contribution is 2.30. The number of aliphatic hydroxyl groups excluding tert-OH is 1. The van der Waals surface area contributed by atoms with E-state index in [4.69, 9.17) is 4.98 Å². The maximum atomic E-state index is 12.1. The lowest BCUT2D eigenvalue weighted by atomic mass is 10.1. The molecule has 0 unspecified atom stereocenters. The summed E-state index contributed by atoms with van der Waals surface area (Å²) in [6.45, 7) is -0.0779. The van der Waals surface area contributed by atoms with Crippen molar-refractivity contribution in [3.05, 3.63) is 82.3 Å². The van der Waals surface area contributed by atoms with Crippen LogP contribution < -0.4 is 11.0 Å². The van der Waals surface area contributed by atoms with Gasteiger partial charge in [0.25, 0.3) is 5.91 Å². The average Bonchev–Trinajstić information content (AvgIpc) is 3.36. The van der Waals surface area contributed by atoms with Gasteiger partial charge in [0.05, 0.1) is 28.7 Å². The van der Waals surface area contributed by atoms with Crippen molar-refractivity contribution in [2.24, 2.45) is 0 Å². The molecule has 2 aromatic heterocycles. The molecule has 2 heterocycles. The van der Waals surface area contributed by atoms with Crippen molar-refractivity contribution < 1.29 is 9.90 Å². The van der Waals surface area contributed by atoms with Crippen LogP contribution in [0.4, 0.5) is 0 Å². The number of aromatic amines is 2. The Bertz CT molecular complexity index is 1510. The molecule has 0 saturated heterocycles. The summed E-state index contributed by atoms with van der Waals surface area (Å²) in [7, 11) is 1.59. The van der Waals surface area contributed by atoms with Crippen LogP contribution in [-0.2, 0) is 6.61 Å². The van der Waals surface area contributed by atoms with Gasteiger partial charge < -0.3 is 20.4 Å². The van der Waals surface area contributed by atoms with Gasteiger partial charge in [0.2, 0.25) is 0 Å². The number of aliphatic hydroxyl groups is 1. The van der Waals surface area contributed by atoms with E-state index >= 15 is 0 Å². The van der Waals surface area contributed by atoms with Gasteiger partial charge in [-0.2, -0.15) is 0 Å². The summed E-state index contributed by atoms with van der Waals surface area (Å²) in [5, 5.41) is 12.2. The number of carbonyl (C=O) groups is 1. The summed E-state index contributed by atoms with van der Waals surface area (Å²) < 4.78 is 1.98. The second-order valence-electron chi connectivity index (χ2n) is 7.22. The van der Waals surface area contributed by atoms with E-state index < -0.39 is 0 Å². The Morgan fingerprint density at radius 2 is 1.90 bits per heavy atom.